The van der Waals surface area contributed by atoms with Gasteiger partial charge in [0.25, 0.3) is 0 Å². The first-order valence-corrected chi connectivity index (χ1v) is 9.90. The van der Waals surface area contributed by atoms with Crippen LogP contribution in [-0.2, 0) is 15.4 Å². The van der Waals surface area contributed by atoms with Gasteiger partial charge in [-0.3, -0.25) is 0 Å². The van der Waals surface area contributed by atoms with Crippen LogP contribution in [0.3, 0.4) is 0 Å². The van der Waals surface area contributed by atoms with Crippen LogP contribution in [0.5, 0.6) is 0 Å². The van der Waals surface area contributed by atoms with E-state index in [4.69, 9.17) is 0 Å². The summed E-state index contributed by atoms with van der Waals surface area (Å²) in [7, 11) is -3.54. The number of hydrogen-bond donors (Lipinski definition) is 1. The van der Waals surface area contributed by atoms with Crippen molar-refractivity contribution in [3.8, 4) is 0 Å². The van der Waals surface area contributed by atoms with Crippen molar-refractivity contribution in [2.45, 2.75) is 57.3 Å². The Morgan fingerprint density at radius 2 is 1.84 bits per heavy atom. The molecule has 1 N–H and O–H groups in total. The molecule has 1 fully saturated rings. The molecule has 25 heavy (non-hydrogen) atoms. The van der Waals surface area contributed by atoms with Crippen LogP contribution >= 0.6 is 0 Å². The third-order valence-corrected chi connectivity index (χ3v) is 6.97. The summed E-state index contributed by atoms with van der Waals surface area (Å²) in [4.78, 5) is 0.425. The zero-order chi connectivity index (χ0) is 18.4. The predicted octanol–water partition coefficient (Wildman–Crippen LogP) is 2.29. The fourth-order valence-corrected chi connectivity index (χ4v) is 5.33. The van der Waals surface area contributed by atoms with Crippen LogP contribution < -0.4 is 0 Å². The van der Waals surface area contributed by atoms with Gasteiger partial charge in [-0.1, -0.05) is 38.1 Å². The number of sulfonamides is 1. The molecule has 1 atom stereocenters. The normalized spacial score (nSPS) is 19.5. The summed E-state index contributed by atoms with van der Waals surface area (Å²) in [5.41, 5.74) is 2.73. The van der Waals surface area contributed by atoms with Crippen LogP contribution in [0.4, 0.5) is 0 Å². The zero-order valence-electron chi connectivity index (χ0n) is 15.4. The van der Waals surface area contributed by atoms with Gasteiger partial charge in [0.1, 0.15) is 0 Å². The zero-order valence-corrected chi connectivity index (χ0v) is 16.2. The largest absolute Gasteiger partial charge is 0.243 e. The molecule has 2 heterocycles. The molecule has 136 valence electrons. The molecule has 1 aliphatic rings. The average molecular weight is 363 g/mol. The van der Waals surface area contributed by atoms with E-state index in [0.29, 0.717) is 30.2 Å². The quantitative estimate of drug-likeness (QED) is 0.903. The number of nitrogens with one attached hydrogen (secondary N) is 1. The minimum Gasteiger partial charge on any atom is -0.207 e. The van der Waals surface area contributed by atoms with Crippen molar-refractivity contribution >= 4 is 10.0 Å². The highest BCUT2D eigenvalue weighted by atomic mass is 32.2. The predicted molar refractivity (Wildman–Crippen MR) is 94.9 cm³/mol. The van der Waals surface area contributed by atoms with E-state index in [1.54, 1.807) is 4.31 Å². The van der Waals surface area contributed by atoms with Crippen molar-refractivity contribution in [3.05, 3.63) is 34.6 Å². The Morgan fingerprint density at radius 3 is 2.36 bits per heavy atom. The second-order valence-electron chi connectivity index (χ2n) is 7.81. The monoisotopic (exact) mass is 363 g/mol. The van der Waals surface area contributed by atoms with Crippen molar-refractivity contribution in [1.82, 2.24) is 24.9 Å². The highest BCUT2D eigenvalue weighted by Gasteiger charge is 2.36. The van der Waals surface area contributed by atoms with E-state index < -0.39 is 10.0 Å². The number of benzene rings is 1. The van der Waals surface area contributed by atoms with Crippen molar-refractivity contribution < 1.29 is 8.42 Å². The van der Waals surface area contributed by atoms with E-state index in [0.717, 1.165) is 16.7 Å². The van der Waals surface area contributed by atoms with E-state index >= 15 is 0 Å². The second-order valence-corrected chi connectivity index (χ2v) is 9.68. The van der Waals surface area contributed by atoms with Crippen LogP contribution in [0.25, 0.3) is 0 Å². The highest BCUT2D eigenvalue weighted by molar-refractivity contribution is 7.89. The summed E-state index contributed by atoms with van der Waals surface area (Å²) < 4.78 is 28.0. The molecule has 8 heteroatoms. The molecule has 1 aromatic heterocycles. The molecule has 1 aromatic carbocycles. The van der Waals surface area contributed by atoms with E-state index in [1.165, 1.54) is 0 Å². The maximum Gasteiger partial charge on any atom is 0.243 e. The van der Waals surface area contributed by atoms with Gasteiger partial charge in [0.05, 0.1) is 4.90 Å². The first kappa shape index (κ1) is 18.0. The summed E-state index contributed by atoms with van der Waals surface area (Å²) in [6, 6.07) is 3.99. The smallest absolute Gasteiger partial charge is 0.207 e. The molecule has 0 aliphatic carbocycles. The van der Waals surface area contributed by atoms with Crippen LogP contribution in [-0.4, -0.2) is 46.4 Å². The summed E-state index contributed by atoms with van der Waals surface area (Å²) >= 11 is 0. The third-order valence-electron chi connectivity index (χ3n) is 4.80. The van der Waals surface area contributed by atoms with Gasteiger partial charge in [-0.2, -0.15) is 9.52 Å². The van der Waals surface area contributed by atoms with Crippen molar-refractivity contribution in [2.24, 2.45) is 0 Å². The van der Waals surface area contributed by atoms with Gasteiger partial charge >= 0.3 is 0 Å². The molecule has 0 radical (unpaired) electrons. The molecule has 0 saturated carbocycles. The molecule has 1 unspecified atom stereocenters. The van der Waals surface area contributed by atoms with E-state index in [1.807, 2.05) is 26.0 Å². The van der Waals surface area contributed by atoms with Gasteiger partial charge in [-0.25, -0.2) is 8.42 Å². The van der Waals surface area contributed by atoms with Crippen molar-refractivity contribution in [2.75, 3.05) is 13.1 Å². The van der Waals surface area contributed by atoms with Crippen molar-refractivity contribution in [1.29, 1.82) is 0 Å². The summed E-state index contributed by atoms with van der Waals surface area (Å²) in [5.74, 6) is 0.567. The number of H-pyrrole nitrogens is 1. The van der Waals surface area contributed by atoms with Crippen LogP contribution in [0.2, 0.25) is 0 Å². The summed E-state index contributed by atoms with van der Waals surface area (Å²) in [6.45, 7) is 11.0. The summed E-state index contributed by atoms with van der Waals surface area (Å²) in [5, 5.41) is 14.0. The van der Waals surface area contributed by atoms with Crippen LogP contribution in [0.15, 0.2) is 17.0 Å². The van der Waals surface area contributed by atoms with Gasteiger partial charge in [0.15, 0.2) is 5.82 Å². The Morgan fingerprint density at radius 1 is 1.20 bits per heavy atom. The topological polar surface area (TPSA) is 91.8 Å². The third kappa shape index (κ3) is 3.32. The maximum absolute atomic E-state index is 13.2. The lowest BCUT2D eigenvalue weighted by Crippen LogP contribution is -2.30. The van der Waals surface area contributed by atoms with Crippen LogP contribution in [0, 0.1) is 13.8 Å². The van der Waals surface area contributed by atoms with Crippen LogP contribution in [0.1, 0.15) is 55.6 Å². The lowest BCUT2D eigenvalue weighted by Gasteiger charge is -2.24. The molecule has 7 nitrogen and oxygen atoms in total. The summed E-state index contributed by atoms with van der Waals surface area (Å²) in [6.07, 6.45) is 0.705. The SMILES string of the molecule is Cc1cc(C(C)(C)C)cc(C)c1S(=O)(=O)N1CCC(c2nn[nH]n2)C1. The fraction of sp³-hybridized carbons (Fsp3) is 0.588. The lowest BCUT2D eigenvalue weighted by atomic mass is 9.85. The average Bonchev–Trinajstić information content (AvgIpc) is 3.16. The number of rotatable bonds is 3. The highest BCUT2D eigenvalue weighted by Crippen LogP contribution is 2.34. The molecule has 2 aromatic rings. The minimum absolute atomic E-state index is 0.0111. The fourth-order valence-electron chi connectivity index (χ4n) is 3.42. The molecule has 3 rings (SSSR count). The molecular weight excluding hydrogens is 338 g/mol. The van der Waals surface area contributed by atoms with Gasteiger partial charge in [-0.15, -0.1) is 10.2 Å². The Kier molecular flexibility index (Phi) is 4.45. The maximum atomic E-state index is 13.2. The van der Waals surface area contributed by atoms with Gasteiger partial charge in [0.2, 0.25) is 10.0 Å². The number of aromatic nitrogens is 4. The van der Waals surface area contributed by atoms with E-state index in [9.17, 15) is 8.42 Å². The number of aryl methyl sites for hydroxylation is 2. The molecule has 0 bridgehead atoms. The number of nitrogens with zero attached hydrogens (tertiary/aromatic N) is 4. The molecule has 0 spiro atoms. The van der Waals surface area contributed by atoms with Gasteiger partial charge < -0.3 is 0 Å². The minimum atomic E-state index is -3.54. The molecule has 1 aliphatic heterocycles. The van der Waals surface area contributed by atoms with E-state index in [-0.39, 0.29) is 11.3 Å². The first-order valence-electron chi connectivity index (χ1n) is 8.46. The van der Waals surface area contributed by atoms with Gasteiger partial charge in [-0.05, 0) is 42.4 Å². The Bertz CT molecular complexity index is 846. The number of hydrogen-bond acceptors (Lipinski definition) is 5. The van der Waals surface area contributed by atoms with Crippen molar-refractivity contribution in [3.63, 3.8) is 0 Å². The first-order chi connectivity index (χ1) is 11.6. The molecule has 1 saturated heterocycles. The second kappa shape index (κ2) is 6.17. The Labute approximate surface area is 148 Å². The Balaban J connectivity index is 1.93. The Hall–Kier alpha value is -1.80. The molecule has 0 amide bonds. The standard InChI is InChI=1S/C17H25N5O2S/c1-11-8-14(17(3,4)5)9-12(2)15(11)25(23,24)22-7-6-13(10-22)16-18-20-21-19-16/h8-9,13H,6-7,10H2,1-5H3,(H,18,19,20,21). The van der Waals surface area contributed by atoms with Gasteiger partial charge in [0, 0.05) is 19.0 Å². The van der Waals surface area contributed by atoms with E-state index in [2.05, 4.69) is 41.4 Å². The number of aromatic amines is 1. The molecular formula is C17H25N5O2S. The lowest BCUT2D eigenvalue weighted by molar-refractivity contribution is 0.470. The number of tetrazole rings is 1.